The third-order valence-corrected chi connectivity index (χ3v) is 3.85. The number of rotatable bonds is 5. The highest BCUT2D eigenvalue weighted by atomic mass is 32.2. The largest absolute Gasteiger partial charge is 0.330 e. The first-order valence-corrected chi connectivity index (χ1v) is 6.54. The molecule has 2 heteroatoms. The van der Waals surface area contributed by atoms with Crippen molar-refractivity contribution in [2.75, 3.05) is 12.3 Å². The van der Waals surface area contributed by atoms with Gasteiger partial charge in [-0.25, -0.2) is 0 Å². The van der Waals surface area contributed by atoms with Crippen molar-refractivity contribution in [3.05, 3.63) is 29.3 Å². The maximum atomic E-state index is 5.54. The van der Waals surface area contributed by atoms with E-state index >= 15 is 0 Å². The zero-order valence-electron chi connectivity index (χ0n) is 9.92. The van der Waals surface area contributed by atoms with E-state index in [0.717, 1.165) is 18.9 Å². The SMILES string of the molecule is Cc1cc(CCN)ccc1SCC(C)C. The van der Waals surface area contributed by atoms with Gasteiger partial charge in [-0.05, 0) is 43.0 Å². The molecule has 15 heavy (non-hydrogen) atoms. The fraction of sp³-hybridized carbons (Fsp3) is 0.538. The molecule has 0 aliphatic carbocycles. The average molecular weight is 223 g/mol. The molecule has 0 heterocycles. The van der Waals surface area contributed by atoms with Gasteiger partial charge in [0, 0.05) is 10.6 Å². The van der Waals surface area contributed by atoms with Crippen LogP contribution in [-0.2, 0) is 6.42 Å². The van der Waals surface area contributed by atoms with Gasteiger partial charge >= 0.3 is 0 Å². The summed E-state index contributed by atoms with van der Waals surface area (Å²) in [5.74, 6) is 1.94. The second kappa shape index (κ2) is 6.19. The Morgan fingerprint density at radius 1 is 1.33 bits per heavy atom. The molecule has 0 aliphatic rings. The van der Waals surface area contributed by atoms with Crippen LogP contribution in [0.25, 0.3) is 0 Å². The molecule has 0 aromatic heterocycles. The lowest BCUT2D eigenvalue weighted by atomic mass is 10.1. The fourth-order valence-corrected chi connectivity index (χ4v) is 2.42. The molecule has 1 aromatic rings. The Morgan fingerprint density at radius 3 is 2.60 bits per heavy atom. The van der Waals surface area contributed by atoms with Crippen LogP contribution >= 0.6 is 11.8 Å². The van der Waals surface area contributed by atoms with E-state index < -0.39 is 0 Å². The van der Waals surface area contributed by atoms with Gasteiger partial charge in [0.05, 0.1) is 0 Å². The van der Waals surface area contributed by atoms with Crippen molar-refractivity contribution in [3.8, 4) is 0 Å². The van der Waals surface area contributed by atoms with E-state index in [1.54, 1.807) is 0 Å². The van der Waals surface area contributed by atoms with Crippen LogP contribution in [0.5, 0.6) is 0 Å². The highest BCUT2D eigenvalue weighted by Crippen LogP contribution is 2.25. The Kier molecular flexibility index (Phi) is 5.20. The predicted molar refractivity (Wildman–Crippen MR) is 69.5 cm³/mol. The number of aryl methyl sites for hydroxylation is 1. The summed E-state index contributed by atoms with van der Waals surface area (Å²) in [7, 11) is 0. The maximum Gasteiger partial charge on any atom is 0.0101 e. The van der Waals surface area contributed by atoms with Crippen LogP contribution < -0.4 is 5.73 Å². The molecule has 0 spiro atoms. The van der Waals surface area contributed by atoms with E-state index in [9.17, 15) is 0 Å². The molecule has 1 aromatic carbocycles. The molecule has 0 fully saturated rings. The monoisotopic (exact) mass is 223 g/mol. The molecule has 2 N–H and O–H groups in total. The molecule has 0 saturated carbocycles. The third-order valence-electron chi connectivity index (χ3n) is 2.24. The maximum absolute atomic E-state index is 5.54. The molecule has 0 saturated heterocycles. The first-order valence-electron chi connectivity index (χ1n) is 5.56. The van der Waals surface area contributed by atoms with Crippen molar-refractivity contribution < 1.29 is 0 Å². The molecule has 1 nitrogen and oxygen atoms in total. The first kappa shape index (κ1) is 12.6. The summed E-state index contributed by atoms with van der Waals surface area (Å²) in [6.07, 6.45) is 0.982. The molecular formula is C13H21NS. The van der Waals surface area contributed by atoms with Gasteiger partial charge in [0.15, 0.2) is 0 Å². The Labute approximate surface area is 97.4 Å². The van der Waals surface area contributed by atoms with Gasteiger partial charge in [0.25, 0.3) is 0 Å². The summed E-state index contributed by atoms with van der Waals surface area (Å²) in [6.45, 7) is 7.43. The smallest absolute Gasteiger partial charge is 0.0101 e. The van der Waals surface area contributed by atoms with E-state index in [0.29, 0.717) is 0 Å². The fourth-order valence-electron chi connectivity index (χ4n) is 1.45. The Balaban J connectivity index is 2.66. The Hall–Kier alpha value is -0.470. The van der Waals surface area contributed by atoms with Crippen molar-refractivity contribution in [2.45, 2.75) is 32.1 Å². The summed E-state index contributed by atoms with van der Waals surface area (Å²) in [5.41, 5.74) is 8.27. The molecule has 0 amide bonds. The van der Waals surface area contributed by atoms with E-state index in [2.05, 4.69) is 39.0 Å². The number of benzene rings is 1. The predicted octanol–water partition coefficient (Wildman–Crippen LogP) is 3.24. The Bertz CT molecular complexity index is 307. The summed E-state index contributed by atoms with van der Waals surface area (Å²) in [5, 5.41) is 0. The number of nitrogens with two attached hydrogens (primary N) is 1. The van der Waals surface area contributed by atoms with Gasteiger partial charge in [-0.3, -0.25) is 0 Å². The van der Waals surface area contributed by atoms with E-state index in [-0.39, 0.29) is 0 Å². The number of hydrogen-bond acceptors (Lipinski definition) is 2. The van der Waals surface area contributed by atoms with Gasteiger partial charge in [0.1, 0.15) is 0 Å². The van der Waals surface area contributed by atoms with Crippen molar-refractivity contribution in [3.63, 3.8) is 0 Å². The second-order valence-electron chi connectivity index (χ2n) is 4.34. The van der Waals surface area contributed by atoms with Crippen LogP contribution in [0.2, 0.25) is 0 Å². The molecule has 1 rings (SSSR count). The minimum Gasteiger partial charge on any atom is -0.330 e. The standard InChI is InChI=1S/C13H21NS/c1-10(2)9-15-13-5-4-12(6-7-14)8-11(13)3/h4-5,8,10H,6-7,9,14H2,1-3H3. The van der Waals surface area contributed by atoms with Crippen molar-refractivity contribution in [1.29, 1.82) is 0 Å². The van der Waals surface area contributed by atoms with Crippen LogP contribution in [-0.4, -0.2) is 12.3 Å². The van der Waals surface area contributed by atoms with Gasteiger partial charge in [0.2, 0.25) is 0 Å². The van der Waals surface area contributed by atoms with E-state index in [1.807, 2.05) is 11.8 Å². The molecule has 0 aliphatic heterocycles. The van der Waals surface area contributed by atoms with Crippen LogP contribution in [0.4, 0.5) is 0 Å². The lowest BCUT2D eigenvalue weighted by Crippen LogP contribution is -2.02. The molecule has 0 unspecified atom stereocenters. The minimum atomic E-state index is 0.734. The molecule has 84 valence electrons. The van der Waals surface area contributed by atoms with Gasteiger partial charge in [-0.2, -0.15) is 0 Å². The molecule has 0 radical (unpaired) electrons. The number of thioether (sulfide) groups is 1. The Morgan fingerprint density at radius 2 is 2.07 bits per heavy atom. The van der Waals surface area contributed by atoms with E-state index in [4.69, 9.17) is 5.73 Å². The average Bonchev–Trinajstić information content (AvgIpc) is 2.17. The van der Waals surface area contributed by atoms with Crippen molar-refractivity contribution in [2.24, 2.45) is 11.7 Å². The van der Waals surface area contributed by atoms with Gasteiger partial charge in [-0.1, -0.05) is 26.0 Å². The topological polar surface area (TPSA) is 26.0 Å². The summed E-state index contributed by atoms with van der Waals surface area (Å²) in [4.78, 5) is 1.41. The zero-order valence-corrected chi connectivity index (χ0v) is 10.7. The van der Waals surface area contributed by atoms with Crippen molar-refractivity contribution >= 4 is 11.8 Å². The molecular weight excluding hydrogens is 202 g/mol. The number of hydrogen-bond donors (Lipinski definition) is 1. The van der Waals surface area contributed by atoms with E-state index in [1.165, 1.54) is 21.8 Å². The first-order chi connectivity index (χ1) is 7.13. The minimum absolute atomic E-state index is 0.734. The molecule has 0 bridgehead atoms. The third kappa shape index (κ3) is 4.27. The summed E-state index contributed by atoms with van der Waals surface area (Å²) < 4.78 is 0. The van der Waals surface area contributed by atoms with Gasteiger partial charge < -0.3 is 5.73 Å². The van der Waals surface area contributed by atoms with Crippen LogP contribution in [0.15, 0.2) is 23.1 Å². The lowest BCUT2D eigenvalue weighted by molar-refractivity contribution is 0.750. The quantitative estimate of drug-likeness (QED) is 0.776. The van der Waals surface area contributed by atoms with Crippen LogP contribution in [0.3, 0.4) is 0 Å². The van der Waals surface area contributed by atoms with Crippen LogP contribution in [0.1, 0.15) is 25.0 Å². The van der Waals surface area contributed by atoms with Crippen LogP contribution in [0, 0.1) is 12.8 Å². The second-order valence-corrected chi connectivity index (χ2v) is 5.41. The summed E-state index contributed by atoms with van der Waals surface area (Å²) >= 11 is 1.95. The zero-order chi connectivity index (χ0) is 11.3. The summed E-state index contributed by atoms with van der Waals surface area (Å²) in [6, 6.07) is 6.69. The van der Waals surface area contributed by atoms with Gasteiger partial charge in [-0.15, -0.1) is 11.8 Å². The van der Waals surface area contributed by atoms with Crippen molar-refractivity contribution in [1.82, 2.24) is 0 Å². The lowest BCUT2D eigenvalue weighted by Gasteiger charge is -2.09. The normalized spacial score (nSPS) is 11.0. The highest BCUT2D eigenvalue weighted by Gasteiger charge is 2.02. The molecule has 0 atom stereocenters. The highest BCUT2D eigenvalue weighted by molar-refractivity contribution is 7.99.